The summed E-state index contributed by atoms with van der Waals surface area (Å²) in [5, 5.41) is 18.7. The fourth-order valence-electron chi connectivity index (χ4n) is 6.43. The summed E-state index contributed by atoms with van der Waals surface area (Å²) in [5.74, 6) is -0.236. The minimum absolute atomic E-state index is 0.387. The van der Waals surface area contributed by atoms with E-state index >= 15 is 0 Å². The zero-order valence-electron chi connectivity index (χ0n) is 27.6. The molecule has 0 unspecified atom stereocenters. The number of aliphatic carboxylic acids is 1. The summed E-state index contributed by atoms with van der Waals surface area (Å²) < 4.78 is 47.7. The van der Waals surface area contributed by atoms with Crippen LogP contribution in [0.15, 0.2) is 118 Å². The van der Waals surface area contributed by atoms with Crippen molar-refractivity contribution >= 4 is 52.2 Å². The van der Waals surface area contributed by atoms with Gasteiger partial charge in [-0.05, 0) is 95.9 Å². The Morgan fingerprint density at radius 1 is 0.824 bits per heavy atom. The van der Waals surface area contributed by atoms with Crippen molar-refractivity contribution in [2.75, 3.05) is 16.3 Å². The maximum absolute atomic E-state index is 13.7. The molecule has 10 heteroatoms. The smallest absolute Gasteiger partial charge is 0.416 e. The molecule has 0 atom stereocenters. The Morgan fingerprint density at radius 3 is 2.24 bits per heavy atom. The number of carboxylic acid groups (broad SMARTS) is 1. The third kappa shape index (κ3) is 6.77. The molecule has 0 spiro atoms. The van der Waals surface area contributed by atoms with Crippen LogP contribution in [0.5, 0.6) is 11.5 Å². The lowest BCUT2D eigenvalue weighted by Crippen LogP contribution is -2.22. The highest BCUT2D eigenvalue weighted by atomic mass is 32.2. The van der Waals surface area contributed by atoms with Crippen molar-refractivity contribution in [1.29, 1.82) is 5.26 Å². The molecule has 0 saturated heterocycles. The minimum Gasteiger partial charge on any atom is -0.477 e. The molecule has 0 radical (unpaired) electrons. The molecule has 0 saturated carbocycles. The second-order valence-electron chi connectivity index (χ2n) is 12.3. The van der Waals surface area contributed by atoms with E-state index < -0.39 is 17.7 Å². The number of alkyl halides is 3. The van der Waals surface area contributed by atoms with Gasteiger partial charge in [-0.1, -0.05) is 74.3 Å². The Hall–Kier alpha value is -5.66. The fourth-order valence-corrected chi connectivity index (χ4v) is 7.55. The van der Waals surface area contributed by atoms with E-state index in [0.29, 0.717) is 29.3 Å². The number of benzene rings is 5. The highest BCUT2D eigenvalue weighted by molar-refractivity contribution is 7.99. The first kappa shape index (κ1) is 33.8. The minimum atomic E-state index is -4.43. The molecule has 2 aliphatic heterocycles. The Bertz CT molecular complexity index is 2210. The zero-order valence-corrected chi connectivity index (χ0v) is 28.4. The van der Waals surface area contributed by atoms with Gasteiger partial charge in [0, 0.05) is 22.0 Å². The van der Waals surface area contributed by atoms with Gasteiger partial charge in [0.1, 0.15) is 11.6 Å². The Balaban J connectivity index is 1.27. The summed E-state index contributed by atoms with van der Waals surface area (Å²) in [5.41, 5.74) is 5.19. The molecule has 2 heterocycles. The van der Waals surface area contributed by atoms with Gasteiger partial charge in [0.05, 0.1) is 28.3 Å². The normalized spacial score (nSPS) is 13.4. The van der Waals surface area contributed by atoms with E-state index in [4.69, 9.17) is 4.74 Å². The lowest BCUT2D eigenvalue weighted by molar-refractivity contribution is -0.137. The monoisotopic (exact) mass is 703 g/mol. The lowest BCUT2D eigenvalue weighted by atomic mass is 10.0. The van der Waals surface area contributed by atoms with Gasteiger partial charge in [-0.25, -0.2) is 4.79 Å². The largest absolute Gasteiger partial charge is 0.477 e. The number of halogens is 3. The first-order chi connectivity index (χ1) is 24.6. The molecular weight excluding hydrogens is 672 g/mol. The van der Waals surface area contributed by atoms with E-state index in [0.717, 1.165) is 75.4 Å². The number of para-hydroxylation sites is 1. The summed E-state index contributed by atoms with van der Waals surface area (Å²) in [6, 6.07) is 32.8. The standard InChI is InChI=1S/C41H32F3N3O3S/c1-2-3-4-8-19-46-34-17-13-28(23-39(34)51-38-18-14-30(24-35(38)46)41(42,43)44)27-12-16-33-37(22-27)50-36-21-26(20-29(25-45)40(48)49)11-15-32(36)47(33)31-9-6-5-7-10-31/h5-7,9-18,20-24H,2-4,8,19H2,1H3,(H,48,49)/b29-20-. The number of nitriles is 1. The highest BCUT2D eigenvalue weighted by Crippen LogP contribution is 2.53. The van der Waals surface area contributed by atoms with Gasteiger partial charge in [-0.3, -0.25) is 0 Å². The predicted molar refractivity (Wildman–Crippen MR) is 195 cm³/mol. The van der Waals surface area contributed by atoms with Gasteiger partial charge in [0.2, 0.25) is 0 Å². The van der Waals surface area contributed by atoms with Crippen LogP contribution in [0.1, 0.15) is 43.7 Å². The molecule has 0 amide bonds. The molecule has 0 bridgehead atoms. The first-order valence-corrected chi connectivity index (χ1v) is 17.4. The molecule has 5 aromatic carbocycles. The molecule has 2 aliphatic rings. The van der Waals surface area contributed by atoms with Crippen LogP contribution < -0.4 is 14.5 Å². The zero-order chi connectivity index (χ0) is 35.7. The van der Waals surface area contributed by atoms with Crippen LogP contribution in [0.25, 0.3) is 17.2 Å². The number of nitrogens with zero attached hydrogens (tertiary/aromatic N) is 3. The Labute approximate surface area is 298 Å². The number of fused-ring (bicyclic) bond motifs is 4. The van der Waals surface area contributed by atoms with Gasteiger partial charge in [0.25, 0.3) is 0 Å². The van der Waals surface area contributed by atoms with Crippen molar-refractivity contribution in [2.45, 2.75) is 48.6 Å². The van der Waals surface area contributed by atoms with Crippen LogP contribution in [0.3, 0.4) is 0 Å². The quantitative estimate of drug-likeness (QED) is 0.0912. The number of rotatable bonds is 9. The summed E-state index contributed by atoms with van der Waals surface area (Å²) in [4.78, 5) is 17.3. The number of anilines is 5. The van der Waals surface area contributed by atoms with Gasteiger partial charge in [-0.15, -0.1) is 0 Å². The molecule has 6 nitrogen and oxygen atoms in total. The third-order valence-corrected chi connectivity index (χ3v) is 10.0. The summed E-state index contributed by atoms with van der Waals surface area (Å²) in [7, 11) is 0. The third-order valence-electron chi connectivity index (χ3n) is 8.94. The van der Waals surface area contributed by atoms with Gasteiger partial charge in [-0.2, -0.15) is 18.4 Å². The number of carboxylic acids is 1. The molecule has 0 aromatic heterocycles. The Morgan fingerprint density at radius 2 is 1.53 bits per heavy atom. The summed E-state index contributed by atoms with van der Waals surface area (Å²) >= 11 is 1.47. The molecular formula is C41H32F3N3O3S. The molecule has 256 valence electrons. The van der Waals surface area contributed by atoms with Crippen LogP contribution in [-0.4, -0.2) is 17.6 Å². The van der Waals surface area contributed by atoms with E-state index in [1.807, 2.05) is 71.6 Å². The first-order valence-electron chi connectivity index (χ1n) is 16.6. The number of carbonyl (C=O) groups is 1. The maximum atomic E-state index is 13.7. The molecule has 1 N–H and O–H groups in total. The lowest BCUT2D eigenvalue weighted by Gasteiger charge is -2.34. The molecule has 0 aliphatic carbocycles. The van der Waals surface area contributed by atoms with Crippen LogP contribution in [0, 0.1) is 11.3 Å². The van der Waals surface area contributed by atoms with Crippen molar-refractivity contribution < 1.29 is 27.8 Å². The van der Waals surface area contributed by atoms with E-state index in [2.05, 4.69) is 17.9 Å². The van der Waals surface area contributed by atoms with Crippen LogP contribution >= 0.6 is 11.8 Å². The predicted octanol–water partition coefficient (Wildman–Crippen LogP) is 12.1. The summed E-state index contributed by atoms with van der Waals surface area (Å²) in [6.45, 7) is 2.74. The van der Waals surface area contributed by atoms with Crippen molar-refractivity contribution in [1.82, 2.24) is 0 Å². The maximum Gasteiger partial charge on any atom is 0.416 e. The summed E-state index contributed by atoms with van der Waals surface area (Å²) in [6.07, 6.45) is 0.871. The van der Waals surface area contributed by atoms with E-state index in [1.54, 1.807) is 24.3 Å². The van der Waals surface area contributed by atoms with Gasteiger partial charge >= 0.3 is 12.1 Å². The highest BCUT2D eigenvalue weighted by Gasteiger charge is 2.34. The number of unbranched alkanes of at least 4 members (excludes halogenated alkanes) is 3. The SMILES string of the molecule is CCCCCCN1c2ccc(-c3ccc4c(c3)Oc3cc(/C=C(/C#N)C(=O)O)ccc3N4c3ccccc3)cc2Sc2ccc(C(F)(F)F)cc21. The van der Waals surface area contributed by atoms with Crippen LogP contribution in [0.4, 0.5) is 41.6 Å². The van der Waals surface area contributed by atoms with Crippen LogP contribution in [0.2, 0.25) is 0 Å². The Kier molecular flexibility index (Phi) is 9.23. The second kappa shape index (κ2) is 13.9. The number of hydrogen-bond donors (Lipinski definition) is 1. The van der Waals surface area contributed by atoms with Crippen molar-refractivity contribution in [2.24, 2.45) is 0 Å². The van der Waals surface area contributed by atoms with E-state index in [1.165, 1.54) is 23.9 Å². The topological polar surface area (TPSA) is 76.8 Å². The number of hydrogen-bond acceptors (Lipinski definition) is 6. The van der Waals surface area contributed by atoms with Crippen molar-refractivity contribution in [3.8, 4) is 28.7 Å². The van der Waals surface area contributed by atoms with Gasteiger partial charge in [0.15, 0.2) is 11.5 Å². The van der Waals surface area contributed by atoms with E-state index in [-0.39, 0.29) is 5.57 Å². The average molecular weight is 704 g/mol. The number of ether oxygens (including phenoxy) is 1. The average Bonchev–Trinajstić information content (AvgIpc) is 3.13. The van der Waals surface area contributed by atoms with Crippen molar-refractivity contribution in [3.63, 3.8) is 0 Å². The van der Waals surface area contributed by atoms with E-state index in [9.17, 15) is 28.3 Å². The molecule has 51 heavy (non-hydrogen) atoms. The van der Waals surface area contributed by atoms with Crippen molar-refractivity contribution in [3.05, 3.63) is 120 Å². The molecule has 5 aromatic rings. The van der Waals surface area contributed by atoms with Crippen LogP contribution in [-0.2, 0) is 11.0 Å². The molecule has 0 fully saturated rings. The van der Waals surface area contributed by atoms with Gasteiger partial charge < -0.3 is 19.6 Å². The molecule has 7 rings (SSSR count). The second-order valence-corrected chi connectivity index (χ2v) is 13.4. The fraction of sp³-hybridized carbons (Fsp3) is 0.171.